The van der Waals surface area contributed by atoms with Crippen LogP contribution in [0.15, 0.2) is 22.0 Å². The van der Waals surface area contributed by atoms with Crippen molar-refractivity contribution in [3.63, 3.8) is 0 Å². The summed E-state index contributed by atoms with van der Waals surface area (Å²) in [6, 6.07) is 0. The van der Waals surface area contributed by atoms with Crippen molar-refractivity contribution >= 4 is 15.9 Å². The monoisotopic (exact) mass is 292 g/mol. The van der Waals surface area contributed by atoms with E-state index >= 15 is 0 Å². The van der Waals surface area contributed by atoms with E-state index in [1.807, 2.05) is 0 Å². The van der Waals surface area contributed by atoms with Gasteiger partial charge in [0, 0.05) is 16.5 Å². The first-order valence-corrected chi connectivity index (χ1v) is 4.63. The third-order valence-corrected chi connectivity index (χ3v) is 2.90. The predicted molar refractivity (Wildman–Crippen MR) is 46.7 cm³/mol. The number of alkyl halides is 4. The molecule has 0 saturated carbocycles. The van der Waals surface area contributed by atoms with Crippen molar-refractivity contribution in [3.8, 4) is 0 Å². The predicted octanol–water partition coefficient (Wildman–Crippen LogP) is 3.16. The molecule has 0 amide bonds. The van der Waals surface area contributed by atoms with E-state index in [0.717, 1.165) is 0 Å². The van der Waals surface area contributed by atoms with Gasteiger partial charge >= 0.3 is 6.18 Å². The summed E-state index contributed by atoms with van der Waals surface area (Å²) in [5, 5.41) is 8.59. The van der Waals surface area contributed by atoms with Gasteiger partial charge in [0.25, 0.3) is 0 Å². The largest absolute Gasteiger partial charge is 0.427 e. The van der Waals surface area contributed by atoms with Crippen LogP contribution in [0.5, 0.6) is 0 Å². The number of hydrogen-bond donors (Lipinski definition) is 1. The second kappa shape index (κ2) is 3.86. The minimum Gasteiger partial charge on any atom is -0.392 e. The minimum absolute atomic E-state index is 0.348. The molecule has 0 saturated heterocycles. The Kier molecular flexibility index (Phi) is 3.25. The molecule has 7 heteroatoms. The van der Waals surface area contributed by atoms with E-state index in [1.54, 1.807) is 0 Å². The SMILES string of the molecule is OCC1=C(F)CC(F)(C(F)(F)F)C(Br)=C1. The van der Waals surface area contributed by atoms with E-state index in [9.17, 15) is 22.0 Å². The molecule has 1 N–H and O–H groups in total. The van der Waals surface area contributed by atoms with Gasteiger partial charge in [-0.05, 0) is 6.08 Å². The molecule has 1 atom stereocenters. The molecule has 0 aliphatic heterocycles. The Morgan fingerprint density at radius 3 is 2.40 bits per heavy atom. The Balaban J connectivity index is 3.14. The maximum absolute atomic E-state index is 13.4. The number of hydrogen-bond acceptors (Lipinski definition) is 1. The zero-order valence-corrected chi connectivity index (χ0v) is 8.79. The maximum atomic E-state index is 13.4. The molecule has 1 aliphatic carbocycles. The molecule has 1 aliphatic rings. The van der Waals surface area contributed by atoms with Crippen LogP contribution in [0.1, 0.15) is 6.42 Å². The summed E-state index contributed by atoms with van der Waals surface area (Å²) < 4.78 is 62.4. The van der Waals surface area contributed by atoms with E-state index in [2.05, 4.69) is 15.9 Å². The number of aliphatic hydroxyl groups excluding tert-OH is 1. The van der Waals surface area contributed by atoms with Gasteiger partial charge in [0.1, 0.15) is 5.83 Å². The first-order valence-electron chi connectivity index (χ1n) is 3.84. The van der Waals surface area contributed by atoms with Crippen LogP contribution in [0, 0.1) is 0 Å². The summed E-state index contributed by atoms with van der Waals surface area (Å²) in [6.07, 6.45) is -6.02. The van der Waals surface area contributed by atoms with E-state index in [-0.39, 0.29) is 5.57 Å². The van der Waals surface area contributed by atoms with E-state index in [1.165, 1.54) is 0 Å². The molecule has 0 radical (unpaired) electrons. The van der Waals surface area contributed by atoms with Gasteiger partial charge in [-0.3, -0.25) is 0 Å². The van der Waals surface area contributed by atoms with Gasteiger partial charge in [-0.15, -0.1) is 0 Å². The van der Waals surface area contributed by atoms with Crippen LogP contribution in [0.2, 0.25) is 0 Å². The third-order valence-electron chi connectivity index (χ3n) is 2.05. The lowest BCUT2D eigenvalue weighted by molar-refractivity contribution is -0.214. The summed E-state index contributed by atoms with van der Waals surface area (Å²) in [4.78, 5) is 0. The summed E-state index contributed by atoms with van der Waals surface area (Å²) in [7, 11) is 0. The van der Waals surface area contributed by atoms with Crippen LogP contribution in [-0.2, 0) is 0 Å². The lowest BCUT2D eigenvalue weighted by Gasteiger charge is -2.30. The highest BCUT2D eigenvalue weighted by atomic mass is 79.9. The Morgan fingerprint density at radius 1 is 1.47 bits per heavy atom. The topological polar surface area (TPSA) is 20.2 Å². The molecule has 0 aromatic rings. The number of allylic oxidation sites excluding steroid dienone is 2. The van der Waals surface area contributed by atoms with Crippen LogP contribution in [0.25, 0.3) is 0 Å². The molecular weight excluding hydrogens is 287 g/mol. The first-order chi connectivity index (χ1) is 6.72. The Hall–Kier alpha value is -0.430. The highest BCUT2D eigenvalue weighted by Crippen LogP contribution is 2.49. The van der Waals surface area contributed by atoms with Gasteiger partial charge in [0.2, 0.25) is 5.67 Å². The van der Waals surface area contributed by atoms with Crippen LogP contribution >= 0.6 is 15.9 Å². The summed E-state index contributed by atoms with van der Waals surface area (Å²) >= 11 is 2.41. The van der Waals surface area contributed by atoms with Crippen molar-refractivity contribution in [2.24, 2.45) is 0 Å². The molecule has 86 valence electrons. The molecule has 1 rings (SSSR count). The molecule has 1 nitrogen and oxygen atoms in total. The third kappa shape index (κ3) is 2.08. The van der Waals surface area contributed by atoms with Crippen LogP contribution in [0.3, 0.4) is 0 Å². The van der Waals surface area contributed by atoms with Crippen molar-refractivity contribution in [2.45, 2.75) is 18.3 Å². The number of aliphatic hydroxyl groups is 1. The zero-order chi connectivity index (χ0) is 11.9. The average Bonchev–Trinajstić information content (AvgIpc) is 2.09. The van der Waals surface area contributed by atoms with Crippen LogP contribution in [-0.4, -0.2) is 23.6 Å². The zero-order valence-electron chi connectivity index (χ0n) is 7.21. The maximum Gasteiger partial charge on any atom is 0.427 e. The minimum atomic E-state index is -5.19. The first kappa shape index (κ1) is 12.6. The fourth-order valence-electron chi connectivity index (χ4n) is 1.12. The van der Waals surface area contributed by atoms with Crippen molar-refractivity contribution in [1.82, 2.24) is 0 Å². The summed E-state index contributed by atoms with van der Waals surface area (Å²) in [5.74, 6) is -1.29. The lowest BCUT2D eigenvalue weighted by atomic mass is 9.92. The molecule has 0 heterocycles. The van der Waals surface area contributed by atoms with Gasteiger partial charge in [0.15, 0.2) is 0 Å². The van der Waals surface area contributed by atoms with Crippen LogP contribution in [0.4, 0.5) is 22.0 Å². The molecular formula is C8H6BrF5O. The van der Waals surface area contributed by atoms with Gasteiger partial charge in [-0.1, -0.05) is 15.9 Å². The molecule has 0 bridgehead atoms. The van der Waals surface area contributed by atoms with Crippen molar-refractivity contribution in [1.29, 1.82) is 0 Å². The smallest absolute Gasteiger partial charge is 0.392 e. The van der Waals surface area contributed by atoms with Gasteiger partial charge in [-0.25, -0.2) is 8.78 Å². The second-order valence-electron chi connectivity index (χ2n) is 3.06. The highest BCUT2D eigenvalue weighted by Gasteiger charge is 2.59. The molecule has 0 spiro atoms. The normalized spacial score (nSPS) is 28.1. The molecule has 0 aromatic carbocycles. The van der Waals surface area contributed by atoms with Gasteiger partial charge in [0.05, 0.1) is 6.61 Å². The fourth-order valence-corrected chi connectivity index (χ4v) is 1.77. The quantitative estimate of drug-likeness (QED) is 0.736. The Bertz CT molecular complexity index is 332. The highest BCUT2D eigenvalue weighted by molar-refractivity contribution is 9.11. The van der Waals surface area contributed by atoms with E-state index < -0.39 is 35.2 Å². The van der Waals surface area contributed by atoms with Gasteiger partial charge < -0.3 is 5.11 Å². The average molecular weight is 293 g/mol. The lowest BCUT2D eigenvalue weighted by Crippen LogP contribution is -2.42. The van der Waals surface area contributed by atoms with Crippen molar-refractivity contribution < 1.29 is 27.1 Å². The molecule has 0 aromatic heterocycles. The Labute approximate surface area is 90.4 Å². The number of halogens is 6. The van der Waals surface area contributed by atoms with Crippen molar-refractivity contribution in [2.75, 3.05) is 6.61 Å². The summed E-state index contributed by atoms with van der Waals surface area (Å²) in [6.45, 7) is -0.769. The standard InChI is InChI=1S/C8H6BrF5O/c9-6-1-4(3-15)5(10)2-7(6,11)8(12,13)14/h1,15H,2-3H2. The van der Waals surface area contributed by atoms with Crippen LogP contribution < -0.4 is 0 Å². The second-order valence-corrected chi connectivity index (χ2v) is 3.91. The number of rotatable bonds is 1. The van der Waals surface area contributed by atoms with Crippen molar-refractivity contribution in [3.05, 3.63) is 22.0 Å². The fraction of sp³-hybridized carbons (Fsp3) is 0.500. The van der Waals surface area contributed by atoms with E-state index in [4.69, 9.17) is 5.11 Å². The summed E-state index contributed by atoms with van der Waals surface area (Å²) in [5.41, 5.74) is -4.09. The molecule has 15 heavy (non-hydrogen) atoms. The Morgan fingerprint density at radius 2 is 2.00 bits per heavy atom. The van der Waals surface area contributed by atoms with E-state index in [0.29, 0.717) is 6.08 Å². The van der Waals surface area contributed by atoms with Gasteiger partial charge in [-0.2, -0.15) is 13.2 Å². The molecule has 1 unspecified atom stereocenters. The molecule has 0 fully saturated rings.